The highest BCUT2D eigenvalue weighted by Crippen LogP contribution is 2.15. The first-order valence-electron chi connectivity index (χ1n) is 7.52. The summed E-state index contributed by atoms with van der Waals surface area (Å²) in [6, 6.07) is 13.7. The molecule has 0 saturated heterocycles. The Hall–Kier alpha value is -2.81. The number of benzene rings is 1. The summed E-state index contributed by atoms with van der Waals surface area (Å²) in [7, 11) is 0. The number of anilines is 1. The maximum absolute atomic E-state index is 12.0. The molecule has 0 bridgehead atoms. The Morgan fingerprint density at radius 3 is 2.65 bits per heavy atom. The maximum atomic E-state index is 12.0. The monoisotopic (exact) mass is 311 g/mol. The van der Waals surface area contributed by atoms with Crippen molar-refractivity contribution in [1.29, 1.82) is 5.26 Å². The van der Waals surface area contributed by atoms with Gasteiger partial charge in [0.15, 0.2) is 0 Å². The summed E-state index contributed by atoms with van der Waals surface area (Å²) in [6.45, 7) is 5.59. The van der Waals surface area contributed by atoms with E-state index in [4.69, 9.17) is 0 Å². The van der Waals surface area contributed by atoms with Crippen LogP contribution in [0.1, 0.15) is 20.8 Å². The fourth-order valence-corrected chi connectivity index (χ4v) is 1.95. The lowest BCUT2D eigenvalue weighted by Crippen LogP contribution is -2.50. The average molecular weight is 311 g/mol. The molecule has 2 rings (SSSR count). The van der Waals surface area contributed by atoms with Gasteiger partial charge < -0.3 is 10.6 Å². The Morgan fingerprint density at radius 1 is 1.35 bits per heavy atom. The Morgan fingerprint density at radius 2 is 2.04 bits per heavy atom. The van der Waals surface area contributed by atoms with Crippen molar-refractivity contribution in [2.75, 3.05) is 11.9 Å². The van der Waals surface area contributed by atoms with Crippen LogP contribution in [0.4, 0.5) is 5.82 Å². The van der Waals surface area contributed by atoms with Crippen molar-refractivity contribution in [3.8, 4) is 11.8 Å². The SMILES string of the molecule is CC(C)[C@](C)(C#N)NC(=O)CNc1ccn(-c2ccccc2)n1. The third-order valence-electron chi connectivity index (χ3n) is 3.83. The number of carbonyl (C=O) groups excluding carboxylic acids is 1. The molecule has 1 amide bonds. The normalized spacial score (nSPS) is 13.2. The van der Waals surface area contributed by atoms with Gasteiger partial charge in [0.05, 0.1) is 18.3 Å². The Labute approximate surface area is 136 Å². The molecule has 1 aromatic heterocycles. The smallest absolute Gasteiger partial charge is 0.240 e. The molecule has 0 saturated carbocycles. The molecule has 0 aliphatic carbocycles. The number of aromatic nitrogens is 2. The van der Waals surface area contributed by atoms with Crippen LogP contribution in [-0.2, 0) is 4.79 Å². The Balaban J connectivity index is 1.93. The molecular formula is C17H21N5O. The van der Waals surface area contributed by atoms with Gasteiger partial charge in [-0.05, 0) is 25.0 Å². The summed E-state index contributed by atoms with van der Waals surface area (Å²) in [4.78, 5) is 12.0. The van der Waals surface area contributed by atoms with Crippen molar-refractivity contribution in [3.63, 3.8) is 0 Å². The van der Waals surface area contributed by atoms with Crippen molar-refractivity contribution < 1.29 is 4.79 Å². The third-order valence-corrected chi connectivity index (χ3v) is 3.83. The third kappa shape index (κ3) is 4.10. The molecule has 6 heteroatoms. The topological polar surface area (TPSA) is 82.7 Å². The molecule has 1 heterocycles. The number of nitriles is 1. The molecule has 2 aromatic rings. The summed E-state index contributed by atoms with van der Waals surface area (Å²) < 4.78 is 1.73. The molecule has 6 nitrogen and oxygen atoms in total. The zero-order chi connectivity index (χ0) is 16.9. The van der Waals surface area contributed by atoms with Gasteiger partial charge in [0.2, 0.25) is 5.91 Å². The van der Waals surface area contributed by atoms with Crippen molar-refractivity contribution in [2.45, 2.75) is 26.3 Å². The first-order valence-corrected chi connectivity index (χ1v) is 7.52. The van der Waals surface area contributed by atoms with E-state index >= 15 is 0 Å². The highest BCUT2D eigenvalue weighted by molar-refractivity contribution is 5.81. The van der Waals surface area contributed by atoms with Gasteiger partial charge in [-0.15, -0.1) is 0 Å². The fourth-order valence-electron chi connectivity index (χ4n) is 1.95. The fraction of sp³-hybridized carbons (Fsp3) is 0.353. The highest BCUT2D eigenvalue weighted by Gasteiger charge is 2.29. The number of nitrogens with one attached hydrogen (secondary N) is 2. The van der Waals surface area contributed by atoms with E-state index in [-0.39, 0.29) is 18.4 Å². The van der Waals surface area contributed by atoms with Crippen LogP contribution in [0.15, 0.2) is 42.6 Å². The number of hydrogen-bond donors (Lipinski definition) is 2. The molecule has 1 aromatic carbocycles. The number of hydrogen-bond acceptors (Lipinski definition) is 4. The van der Waals surface area contributed by atoms with Crippen molar-refractivity contribution >= 4 is 11.7 Å². The van der Waals surface area contributed by atoms with Crippen LogP contribution >= 0.6 is 0 Å². The van der Waals surface area contributed by atoms with E-state index in [0.29, 0.717) is 5.82 Å². The van der Waals surface area contributed by atoms with E-state index in [1.165, 1.54) is 0 Å². The van der Waals surface area contributed by atoms with Gasteiger partial charge in [-0.1, -0.05) is 32.0 Å². The molecule has 0 unspecified atom stereocenters. The lowest BCUT2D eigenvalue weighted by molar-refractivity contribution is -0.121. The maximum Gasteiger partial charge on any atom is 0.240 e. The van der Waals surface area contributed by atoms with Crippen LogP contribution in [0.3, 0.4) is 0 Å². The summed E-state index contributed by atoms with van der Waals surface area (Å²) in [5.74, 6) is 0.387. The summed E-state index contributed by atoms with van der Waals surface area (Å²) >= 11 is 0. The number of nitrogens with zero attached hydrogens (tertiary/aromatic N) is 3. The second-order valence-electron chi connectivity index (χ2n) is 5.85. The van der Waals surface area contributed by atoms with Gasteiger partial charge in [0, 0.05) is 12.3 Å². The minimum absolute atomic E-state index is 0.0220. The van der Waals surface area contributed by atoms with Crippen LogP contribution in [0.5, 0.6) is 0 Å². The van der Waals surface area contributed by atoms with Crippen molar-refractivity contribution in [1.82, 2.24) is 15.1 Å². The summed E-state index contributed by atoms with van der Waals surface area (Å²) in [6.07, 6.45) is 1.82. The first-order chi connectivity index (χ1) is 10.9. The van der Waals surface area contributed by atoms with Crippen molar-refractivity contribution in [2.24, 2.45) is 5.92 Å². The predicted molar refractivity (Wildman–Crippen MR) is 89.1 cm³/mol. The summed E-state index contributed by atoms with van der Waals surface area (Å²) in [5, 5.41) is 19.3. The van der Waals surface area contributed by atoms with E-state index in [0.717, 1.165) is 5.69 Å². The van der Waals surface area contributed by atoms with E-state index in [1.54, 1.807) is 17.7 Å². The van der Waals surface area contributed by atoms with E-state index < -0.39 is 5.54 Å². The Kier molecular flexibility index (Phi) is 5.02. The lowest BCUT2D eigenvalue weighted by Gasteiger charge is -2.27. The van der Waals surface area contributed by atoms with E-state index in [9.17, 15) is 10.1 Å². The van der Waals surface area contributed by atoms with Gasteiger partial charge in [0.1, 0.15) is 11.4 Å². The second kappa shape index (κ2) is 6.97. The van der Waals surface area contributed by atoms with E-state index in [2.05, 4.69) is 21.8 Å². The largest absolute Gasteiger partial charge is 0.360 e. The van der Waals surface area contributed by atoms with Crippen LogP contribution in [0, 0.1) is 17.2 Å². The molecule has 0 spiro atoms. The minimum Gasteiger partial charge on any atom is -0.360 e. The van der Waals surface area contributed by atoms with E-state index in [1.807, 2.05) is 50.4 Å². The zero-order valence-electron chi connectivity index (χ0n) is 13.6. The van der Waals surface area contributed by atoms with Crippen LogP contribution in [-0.4, -0.2) is 27.8 Å². The van der Waals surface area contributed by atoms with Gasteiger partial charge >= 0.3 is 0 Å². The predicted octanol–water partition coefficient (Wildman–Crippen LogP) is 2.34. The van der Waals surface area contributed by atoms with Gasteiger partial charge in [-0.3, -0.25) is 4.79 Å². The molecule has 23 heavy (non-hydrogen) atoms. The number of carbonyl (C=O) groups is 1. The molecule has 2 N–H and O–H groups in total. The lowest BCUT2D eigenvalue weighted by atomic mass is 9.90. The van der Waals surface area contributed by atoms with Crippen LogP contribution in [0.25, 0.3) is 5.69 Å². The molecule has 0 aliphatic heterocycles. The van der Waals surface area contributed by atoms with Crippen molar-refractivity contribution in [3.05, 3.63) is 42.6 Å². The molecule has 1 atom stereocenters. The van der Waals surface area contributed by atoms with Crippen LogP contribution < -0.4 is 10.6 Å². The average Bonchev–Trinajstić information content (AvgIpc) is 3.02. The summed E-state index contributed by atoms with van der Waals surface area (Å²) in [5.41, 5.74) is 0.0733. The van der Waals surface area contributed by atoms with Gasteiger partial charge in [-0.2, -0.15) is 10.4 Å². The number of rotatable bonds is 6. The molecule has 0 aliphatic rings. The quantitative estimate of drug-likeness (QED) is 0.858. The highest BCUT2D eigenvalue weighted by atomic mass is 16.2. The zero-order valence-corrected chi connectivity index (χ0v) is 13.6. The van der Waals surface area contributed by atoms with Gasteiger partial charge in [-0.25, -0.2) is 4.68 Å². The molecule has 0 radical (unpaired) electrons. The second-order valence-corrected chi connectivity index (χ2v) is 5.85. The first kappa shape index (κ1) is 16.6. The molecule has 120 valence electrons. The number of para-hydroxylation sites is 1. The number of amides is 1. The minimum atomic E-state index is -0.873. The van der Waals surface area contributed by atoms with Crippen LogP contribution in [0.2, 0.25) is 0 Å². The van der Waals surface area contributed by atoms with Gasteiger partial charge in [0.25, 0.3) is 0 Å². The Bertz CT molecular complexity index is 701. The molecule has 0 fully saturated rings. The molecular weight excluding hydrogens is 290 g/mol. The standard InChI is InChI=1S/C17H21N5O/c1-13(2)17(3,12-18)20-16(23)11-19-15-9-10-22(21-15)14-7-5-4-6-8-14/h4-10,13H,11H2,1-3H3,(H,19,21)(H,20,23)/t17-/m0/s1.